The van der Waals surface area contributed by atoms with Gasteiger partial charge in [-0.2, -0.15) is 0 Å². The Bertz CT molecular complexity index is 361. The van der Waals surface area contributed by atoms with Crippen LogP contribution in [0, 0.1) is 5.41 Å². The van der Waals surface area contributed by atoms with Crippen molar-refractivity contribution in [3.05, 3.63) is 24.2 Å². The molecular weight excluding hydrogens is 248 g/mol. The first-order chi connectivity index (χ1) is 9.30. The molecule has 0 aliphatic carbocycles. The number of hydrogen-bond acceptors (Lipinski definition) is 3. The minimum absolute atomic E-state index is 0.176. The predicted molar refractivity (Wildman–Crippen MR) is 85.8 cm³/mol. The standard InChI is InChI=1S/C17H32N2O/c1-7-17(8-2,13-18-16(3,4)5)14-19(6)12-15-10-9-11-20-15/h9-11,18H,7-8,12-14H2,1-6H3. The van der Waals surface area contributed by atoms with Crippen LogP contribution in [-0.2, 0) is 6.54 Å². The number of hydrogen-bond donors (Lipinski definition) is 1. The van der Waals surface area contributed by atoms with Crippen molar-refractivity contribution < 1.29 is 4.42 Å². The van der Waals surface area contributed by atoms with Crippen LogP contribution >= 0.6 is 0 Å². The quantitative estimate of drug-likeness (QED) is 0.782. The highest BCUT2D eigenvalue weighted by Crippen LogP contribution is 2.28. The van der Waals surface area contributed by atoms with Crippen LogP contribution in [0.25, 0.3) is 0 Å². The largest absolute Gasteiger partial charge is 0.468 e. The Hall–Kier alpha value is -0.800. The Kier molecular flexibility index (Phi) is 6.28. The Morgan fingerprint density at radius 3 is 2.30 bits per heavy atom. The molecular formula is C17H32N2O. The summed E-state index contributed by atoms with van der Waals surface area (Å²) in [6.07, 6.45) is 4.13. The average Bonchev–Trinajstić information content (AvgIpc) is 2.86. The molecule has 0 aliphatic heterocycles. The van der Waals surface area contributed by atoms with Gasteiger partial charge in [-0.15, -0.1) is 0 Å². The lowest BCUT2D eigenvalue weighted by atomic mass is 9.81. The van der Waals surface area contributed by atoms with E-state index in [0.717, 1.165) is 25.4 Å². The molecule has 0 saturated heterocycles. The lowest BCUT2D eigenvalue weighted by Crippen LogP contribution is -2.47. The van der Waals surface area contributed by atoms with E-state index < -0.39 is 0 Å². The summed E-state index contributed by atoms with van der Waals surface area (Å²) in [5, 5.41) is 3.68. The topological polar surface area (TPSA) is 28.4 Å². The van der Waals surface area contributed by atoms with Gasteiger partial charge in [0.25, 0.3) is 0 Å². The van der Waals surface area contributed by atoms with Crippen LogP contribution in [0.1, 0.15) is 53.2 Å². The third kappa shape index (κ3) is 5.68. The fourth-order valence-corrected chi connectivity index (χ4v) is 2.53. The molecule has 0 atom stereocenters. The number of nitrogens with one attached hydrogen (secondary N) is 1. The molecule has 1 heterocycles. The summed E-state index contributed by atoms with van der Waals surface area (Å²) in [7, 11) is 2.18. The normalized spacial score (nSPS) is 13.2. The molecule has 0 bridgehead atoms. The van der Waals surface area contributed by atoms with Crippen LogP contribution in [0.4, 0.5) is 0 Å². The maximum absolute atomic E-state index is 5.44. The molecule has 0 radical (unpaired) electrons. The minimum Gasteiger partial charge on any atom is -0.468 e. The molecule has 0 unspecified atom stereocenters. The van der Waals surface area contributed by atoms with Crippen molar-refractivity contribution in [2.45, 2.75) is 59.5 Å². The molecule has 0 aromatic carbocycles. The van der Waals surface area contributed by atoms with Gasteiger partial charge in [0.2, 0.25) is 0 Å². The van der Waals surface area contributed by atoms with E-state index in [1.54, 1.807) is 6.26 Å². The van der Waals surface area contributed by atoms with E-state index in [1.165, 1.54) is 12.8 Å². The first-order valence-corrected chi connectivity index (χ1v) is 7.76. The van der Waals surface area contributed by atoms with Gasteiger partial charge in [-0.25, -0.2) is 0 Å². The summed E-state index contributed by atoms with van der Waals surface area (Å²) in [6.45, 7) is 14.3. The summed E-state index contributed by atoms with van der Waals surface area (Å²) in [6, 6.07) is 4.00. The highest BCUT2D eigenvalue weighted by Gasteiger charge is 2.29. The number of nitrogens with zero attached hydrogens (tertiary/aromatic N) is 1. The second-order valence-corrected chi connectivity index (χ2v) is 7.06. The lowest BCUT2D eigenvalue weighted by molar-refractivity contribution is 0.135. The van der Waals surface area contributed by atoms with Gasteiger partial charge in [0, 0.05) is 18.6 Å². The van der Waals surface area contributed by atoms with Crippen LogP contribution in [-0.4, -0.2) is 30.6 Å². The third-order valence-corrected chi connectivity index (χ3v) is 4.10. The maximum Gasteiger partial charge on any atom is 0.117 e. The summed E-state index contributed by atoms with van der Waals surface area (Å²) >= 11 is 0. The SMILES string of the molecule is CCC(CC)(CNC(C)(C)C)CN(C)Cc1ccco1. The van der Waals surface area contributed by atoms with Gasteiger partial charge in [0.1, 0.15) is 5.76 Å². The molecule has 20 heavy (non-hydrogen) atoms. The van der Waals surface area contributed by atoms with E-state index in [2.05, 4.69) is 51.9 Å². The summed E-state index contributed by atoms with van der Waals surface area (Å²) < 4.78 is 5.44. The van der Waals surface area contributed by atoms with E-state index in [-0.39, 0.29) is 5.54 Å². The van der Waals surface area contributed by atoms with Crippen LogP contribution < -0.4 is 5.32 Å². The van der Waals surface area contributed by atoms with Crippen molar-refractivity contribution in [1.82, 2.24) is 10.2 Å². The van der Waals surface area contributed by atoms with E-state index >= 15 is 0 Å². The van der Waals surface area contributed by atoms with Gasteiger partial charge < -0.3 is 9.73 Å². The van der Waals surface area contributed by atoms with Crippen LogP contribution in [0.3, 0.4) is 0 Å². The molecule has 0 aliphatic rings. The highest BCUT2D eigenvalue weighted by molar-refractivity contribution is 4.98. The fraction of sp³-hybridized carbons (Fsp3) is 0.765. The van der Waals surface area contributed by atoms with E-state index in [4.69, 9.17) is 4.42 Å². The van der Waals surface area contributed by atoms with Crippen molar-refractivity contribution in [3.8, 4) is 0 Å². The van der Waals surface area contributed by atoms with Gasteiger partial charge in [-0.3, -0.25) is 4.90 Å². The summed E-state index contributed by atoms with van der Waals surface area (Å²) in [5.41, 5.74) is 0.504. The minimum atomic E-state index is 0.176. The predicted octanol–water partition coefficient (Wildman–Crippen LogP) is 3.91. The second-order valence-electron chi connectivity index (χ2n) is 7.06. The number of rotatable bonds is 8. The van der Waals surface area contributed by atoms with Crippen molar-refractivity contribution >= 4 is 0 Å². The zero-order chi connectivity index (χ0) is 15.2. The highest BCUT2D eigenvalue weighted by atomic mass is 16.3. The van der Waals surface area contributed by atoms with Crippen LogP contribution in [0.15, 0.2) is 22.8 Å². The van der Waals surface area contributed by atoms with E-state index in [9.17, 15) is 0 Å². The Labute approximate surface area is 124 Å². The second kappa shape index (κ2) is 7.28. The smallest absolute Gasteiger partial charge is 0.117 e. The molecule has 1 aromatic rings. The number of furan rings is 1. The molecule has 0 fully saturated rings. The molecule has 0 saturated carbocycles. The van der Waals surface area contributed by atoms with Gasteiger partial charge in [0.05, 0.1) is 12.8 Å². The lowest BCUT2D eigenvalue weighted by Gasteiger charge is -2.38. The van der Waals surface area contributed by atoms with Crippen molar-refractivity contribution in [1.29, 1.82) is 0 Å². The fourth-order valence-electron chi connectivity index (χ4n) is 2.53. The maximum atomic E-state index is 5.44. The summed E-state index contributed by atoms with van der Waals surface area (Å²) in [5.74, 6) is 1.04. The van der Waals surface area contributed by atoms with Crippen LogP contribution in [0.5, 0.6) is 0 Å². The summed E-state index contributed by atoms with van der Waals surface area (Å²) in [4.78, 5) is 2.37. The zero-order valence-electron chi connectivity index (χ0n) is 14.1. The van der Waals surface area contributed by atoms with Gasteiger partial charge in [-0.05, 0) is 58.2 Å². The van der Waals surface area contributed by atoms with E-state index in [1.807, 2.05) is 12.1 Å². The van der Waals surface area contributed by atoms with E-state index in [0.29, 0.717) is 5.41 Å². The van der Waals surface area contributed by atoms with Gasteiger partial charge in [-0.1, -0.05) is 13.8 Å². The molecule has 0 amide bonds. The Morgan fingerprint density at radius 1 is 1.20 bits per heavy atom. The first-order valence-electron chi connectivity index (χ1n) is 7.76. The zero-order valence-corrected chi connectivity index (χ0v) is 14.1. The molecule has 1 N–H and O–H groups in total. The molecule has 1 aromatic heterocycles. The Balaban J connectivity index is 2.60. The van der Waals surface area contributed by atoms with Crippen molar-refractivity contribution in [3.63, 3.8) is 0 Å². The molecule has 116 valence electrons. The van der Waals surface area contributed by atoms with Crippen LogP contribution in [0.2, 0.25) is 0 Å². The average molecular weight is 280 g/mol. The van der Waals surface area contributed by atoms with Gasteiger partial charge in [0.15, 0.2) is 0 Å². The molecule has 3 heteroatoms. The molecule has 3 nitrogen and oxygen atoms in total. The van der Waals surface area contributed by atoms with Crippen molar-refractivity contribution in [2.75, 3.05) is 20.1 Å². The first kappa shape index (κ1) is 17.3. The molecule has 0 spiro atoms. The van der Waals surface area contributed by atoms with Gasteiger partial charge >= 0.3 is 0 Å². The molecule has 1 rings (SSSR count). The third-order valence-electron chi connectivity index (χ3n) is 4.10. The van der Waals surface area contributed by atoms with Crippen molar-refractivity contribution in [2.24, 2.45) is 5.41 Å². The monoisotopic (exact) mass is 280 g/mol. The Morgan fingerprint density at radius 2 is 1.85 bits per heavy atom.